The van der Waals surface area contributed by atoms with Gasteiger partial charge in [-0.2, -0.15) is 0 Å². The third-order valence-corrected chi connectivity index (χ3v) is 2.78. The molecule has 0 aliphatic carbocycles. The molecule has 1 amide bonds. The average Bonchev–Trinajstić information content (AvgIpc) is 2.25. The zero-order valence-corrected chi connectivity index (χ0v) is 11.1. The van der Waals surface area contributed by atoms with Crippen molar-refractivity contribution in [3.8, 4) is 0 Å². The molecule has 0 aromatic heterocycles. The maximum absolute atomic E-state index is 11.1. The Bertz CT molecular complexity index is 348. The summed E-state index contributed by atoms with van der Waals surface area (Å²) < 4.78 is 0. The highest BCUT2D eigenvalue weighted by Gasteiger charge is 2.17. The molecule has 3 heteroatoms. The second-order valence-corrected chi connectivity index (χ2v) is 4.63. The van der Waals surface area contributed by atoms with Crippen molar-refractivity contribution in [2.24, 2.45) is 0 Å². The van der Waals surface area contributed by atoms with E-state index in [9.17, 15) is 4.79 Å². The van der Waals surface area contributed by atoms with Crippen molar-refractivity contribution in [3.05, 3.63) is 35.9 Å². The average molecular weight is 234 g/mol. The van der Waals surface area contributed by atoms with Crippen LogP contribution in [0.1, 0.15) is 33.3 Å². The van der Waals surface area contributed by atoms with Gasteiger partial charge in [-0.1, -0.05) is 30.3 Å². The van der Waals surface area contributed by atoms with Gasteiger partial charge in [0, 0.05) is 19.5 Å². The van der Waals surface area contributed by atoms with Crippen molar-refractivity contribution in [3.63, 3.8) is 0 Å². The number of hydrogen-bond donors (Lipinski definition) is 1. The molecule has 0 saturated heterocycles. The summed E-state index contributed by atoms with van der Waals surface area (Å²) in [6.45, 7) is 8.70. The number of amides is 1. The Hall–Kier alpha value is -1.35. The largest absolute Gasteiger partial charge is 0.341 e. The molecule has 3 nitrogen and oxygen atoms in total. The highest BCUT2D eigenvalue weighted by atomic mass is 16.1. The van der Waals surface area contributed by atoms with E-state index in [1.54, 1.807) is 6.92 Å². The van der Waals surface area contributed by atoms with Gasteiger partial charge in [-0.05, 0) is 26.3 Å². The van der Waals surface area contributed by atoms with E-state index in [0.717, 1.165) is 6.54 Å². The fraction of sp³-hybridized carbons (Fsp3) is 0.500. The smallest absolute Gasteiger partial charge is 0.218 e. The Morgan fingerprint density at radius 1 is 1.24 bits per heavy atom. The lowest BCUT2D eigenvalue weighted by Gasteiger charge is -2.33. The van der Waals surface area contributed by atoms with Crippen molar-refractivity contribution >= 4 is 5.91 Å². The minimum absolute atomic E-state index is 0.0104. The van der Waals surface area contributed by atoms with Crippen LogP contribution in [0.4, 0.5) is 0 Å². The van der Waals surface area contributed by atoms with Crippen LogP contribution in [0.15, 0.2) is 30.3 Å². The second kappa shape index (κ2) is 6.40. The minimum Gasteiger partial charge on any atom is -0.341 e. The van der Waals surface area contributed by atoms with E-state index in [0.29, 0.717) is 6.04 Å². The molecule has 1 aromatic rings. The van der Waals surface area contributed by atoms with Gasteiger partial charge in [-0.25, -0.2) is 0 Å². The number of nitrogens with zero attached hydrogens (tertiary/aromatic N) is 1. The highest BCUT2D eigenvalue weighted by Crippen LogP contribution is 2.10. The van der Waals surface area contributed by atoms with E-state index in [-0.39, 0.29) is 12.1 Å². The molecule has 1 N–H and O–H groups in total. The second-order valence-electron chi connectivity index (χ2n) is 4.63. The first-order valence-electron chi connectivity index (χ1n) is 6.07. The van der Waals surface area contributed by atoms with E-state index in [4.69, 9.17) is 0 Å². The van der Waals surface area contributed by atoms with Crippen molar-refractivity contribution in [1.29, 1.82) is 0 Å². The lowest BCUT2D eigenvalue weighted by molar-refractivity contribution is -0.121. The van der Waals surface area contributed by atoms with Crippen molar-refractivity contribution < 1.29 is 4.79 Å². The van der Waals surface area contributed by atoms with Crippen LogP contribution in [0.25, 0.3) is 0 Å². The van der Waals surface area contributed by atoms with E-state index in [1.165, 1.54) is 5.56 Å². The fourth-order valence-electron chi connectivity index (χ4n) is 1.94. The lowest BCUT2D eigenvalue weighted by Crippen LogP contribution is -2.48. The Labute approximate surface area is 104 Å². The molecule has 17 heavy (non-hydrogen) atoms. The normalized spacial score (nSPS) is 12.8. The standard InChI is InChI=1S/C14H22N2O/c1-11(2)16(12(3)15-13(4)17)10-14-8-6-5-7-9-14/h5-9,11-12H,10H2,1-4H3,(H,15,17). The van der Waals surface area contributed by atoms with Gasteiger partial charge in [0.05, 0.1) is 6.17 Å². The molecule has 0 fully saturated rings. The molecule has 1 atom stereocenters. The van der Waals surface area contributed by atoms with Crippen LogP contribution in [-0.4, -0.2) is 23.0 Å². The predicted octanol–water partition coefficient (Wildman–Crippen LogP) is 2.38. The Balaban J connectivity index is 2.70. The van der Waals surface area contributed by atoms with Crippen LogP contribution in [0.2, 0.25) is 0 Å². The van der Waals surface area contributed by atoms with E-state index < -0.39 is 0 Å². The van der Waals surface area contributed by atoms with E-state index in [1.807, 2.05) is 25.1 Å². The molecule has 0 saturated carbocycles. The minimum atomic E-state index is 0.0104. The van der Waals surface area contributed by atoms with Crippen molar-refractivity contribution in [1.82, 2.24) is 10.2 Å². The fourth-order valence-corrected chi connectivity index (χ4v) is 1.94. The number of benzene rings is 1. The maximum atomic E-state index is 11.1. The molecule has 0 aliphatic heterocycles. The van der Waals surface area contributed by atoms with Crippen LogP contribution < -0.4 is 5.32 Å². The number of carbonyl (C=O) groups is 1. The van der Waals surface area contributed by atoms with Gasteiger partial charge >= 0.3 is 0 Å². The van der Waals surface area contributed by atoms with Crippen LogP contribution in [0, 0.1) is 0 Å². The van der Waals surface area contributed by atoms with Gasteiger partial charge in [0.1, 0.15) is 0 Å². The summed E-state index contributed by atoms with van der Waals surface area (Å²) >= 11 is 0. The molecule has 1 rings (SSSR count). The van der Waals surface area contributed by atoms with Gasteiger partial charge in [0.25, 0.3) is 0 Å². The Morgan fingerprint density at radius 3 is 2.29 bits per heavy atom. The first-order chi connectivity index (χ1) is 8.00. The van der Waals surface area contributed by atoms with Crippen LogP contribution in [0.5, 0.6) is 0 Å². The van der Waals surface area contributed by atoms with Gasteiger partial charge in [0.15, 0.2) is 0 Å². The van der Waals surface area contributed by atoms with Gasteiger partial charge in [-0.15, -0.1) is 0 Å². The summed E-state index contributed by atoms with van der Waals surface area (Å²) in [7, 11) is 0. The summed E-state index contributed by atoms with van der Waals surface area (Å²) in [5.74, 6) is 0.0104. The van der Waals surface area contributed by atoms with Crippen molar-refractivity contribution in [2.75, 3.05) is 0 Å². The van der Waals surface area contributed by atoms with E-state index in [2.05, 4.69) is 36.2 Å². The molecule has 0 spiro atoms. The SMILES string of the molecule is CC(=O)NC(C)N(Cc1ccccc1)C(C)C. The number of nitrogens with one attached hydrogen (secondary N) is 1. The van der Waals surface area contributed by atoms with Gasteiger partial charge in [0.2, 0.25) is 5.91 Å². The predicted molar refractivity (Wildman–Crippen MR) is 70.4 cm³/mol. The van der Waals surface area contributed by atoms with E-state index >= 15 is 0 Å². The molecule has 1 unspecified atom stereocenters. The van der Waals surface area contributed by atoms with Crippen LogP contribution in [0.3, 0.4) is 0 Å². The third kappa shape index (κ3) is 4.57. The first-order valence-corrected chi connectivity index (χ1v) is 6.07. The molecule has 0 bridgehead atoms. The number of hydrogen-bond acceptors (Lipinski definition) is 2. The zero-order valence-electron chi connectivity index (χ0n) is 11.1. The lowest BCUT2D eigenvalue weighted by atomic mass is 10.2. The van der Waals surface area contributed by atoms with Gasteiger partial charge < -0.3 is 5.32 Å². The summed E-state index contributed by atoms with van der Waals surface area (Å²) in [5, 5.41) is 2.93. The summed E-state index contributed by atoms with van der Waals surface area (Å²) in [6.07, 6.45) is 0.0488. The molecular formula is C14H22N2O. The summed E-state index contributed by atoms with van der Waals surface area (Å²) in [4.78, 5) is 13.4. The first kappa shape index (κ1) is 13.7. The summed E-state index contributed by atoms with van der Waals surface area (Å²) in [5.41, 5.74) is 1.26. The Kier molecular flexibility index (Phi) is 5.16. The number of carbonyl (C=O) groups excluding carboxylic acids is 1. The Morgan fingerprint density at radius 2 is 1.82 bits per heavy atom. The molecule has 0 heterocycles. The topological polar surface area (TPSA) is 32.3 Å². The molecular weight excluding hydrogens is 212 g/mol. The number of rotatable bonds is 5. The molecule has 0 aliphatic rings. The monoisotopic (exact) mass is 234 g/mol. The third-order valence-electron chi connectivity index (χ3n) is 2.78. The molecule has 1 aromatic carbocycles. The molecule has 0 radical (unpaired) electrons. The van der Waals surface area contributed by atoms with Crippen LogP contribution >= 0.6 is 0 Å². The van der Waals surface area contributed by atoms with Gasteiger partial charge in [-0.3, -0.25) is 9.69 Å². The summed E-state index contributed by atoms with van der Waals surface area (Å²) in [6, 6.07) is 10.7. The molecule has 94 valence electrons. The van der Waals surface area contributed by atoms with Crippen LogP contribution in [-0.2, 0) is 11.3 Å². The zero-order chi connectivity index (χ0) is 12.8. The highest BCUT2D eigenvalue weighted by molar-refractivity contribution is 5.73. The maximum Gasteiger partial charge on any atom is 0.218 e. The van der Waals surface area contributed by atoms with Crippen molar-refractivity contribution in [2.45, 2.75) is 46.4 Å². The quantitative estimate of drug-likeness (QED) is 0.793.